The van der Waals surface area contributed by atoms with Crippen LogP contribution >= 0.6 is 11.6 Å². The predicted octanol–water partition coefficient (Wildman–Crippen LogP) is 1.67. The van der Waals surface area contributed by atoms with Crippen molar-refractivity contribution in [3.05, 3.63) is 29.3 Å². The quantitative estimate of drug-likeness (QED) is 0.627. The SMILES string of the molecule is CN1C(=O)C2C(=NC(NC3CCCCC3)=[N+]2CC(O)COc2ccc(Cl)cc2)N(C)C1=O. The molecule has 0 radical (unpaired) electrons. The number of fused-ring (bicyclic) bond motifs is 1. The van der Waals surface area contributed by atoms with Gasteiger partial charge in [-0.3, -0.25) is 19.9 Å². The number of nitrogens with one attached hydrogen (secondary N) is 1. The predicted molar refractivity (Wildman–Crippen MR) is 120 cm³/mol. The first kappa shape index (κ1) is 22.5. The first-order valence-electron chi connectivity index (χ1n) is 11.0. The molecule has 0 bridgehead atoms. The van der Waals surface area contributed by atoms with Crippen molar-refractivity contribution in [2.75, 3.05) is 27.2 Å². The van der Waals surface area contributed by atoms with Gasteiger partial charge in [0.2, 0.25) is 11.9 Å². The molecular weight excluding hydrogens is 434 g/mol. The fourth-order valence-corrected chi connectivity index (χ4v) is 4.46. The molecule has 1 aromatic rings. The highest BCUT2D eigenvalue weighted by atomic mass is 35.5. The van der Waals surface area contributed by atoms with Crippen LogP contribution in [-0.4, -0.2) is 88.6 Å². The molecule has 2 unspecified atom stereocenters. The number of amidine groups is 1. The van der Waals surface area contributed by atoms with Crippen molar-refractivity contribution in [2.24, 2.45) is 4.99 Å². The maximum Gasteiger partial charge on any atom is 0.390 e. The molecule has 4 rings (SSSR count). The fourth-order valence-electron chi connectivity index (χ4n) is 4.34. The number of ether oxygens (including phenoxy) is 1. The number of nitrogens with zero attached hydrogens (tertiary/aromatic N) is 4. The monoisotopic (exact) mass is 462 g/mol. The molecule has 3 amide bonds. The van der Waals surface area contributed by atoms with Crippen molar-refractivity contribution in [1.29, 1.82) is 0 Å². The van der Waals surface area contributed by atoms with E-state index in [9.17, 15) is 14.7 Å². The standard InChI is InChI=1S/C22H28ClN5O4/c1-26-19-18(20(30)27(2)22(26)31)28(21(25-19)24-15-6-4-3-5-7-15)12-16(29)13-32-17-10-8-14(23)9-11-17/h8-11,15-16,18,29H,3-7,12-13H2,1-2H3/p+1. The van der Waals surface area contributed by atoms with E-state index in [2.05, 4.69) is 10.3 Å². The van der Waals surface area contributed by atoms with Gasteiger partial charge < -0.3 is 9.84 Å². The van der Waals surface area contributed by atoms with E-state index in [0.29, 0.717) is 22.6 Å². The Labute approximate surface area is 192 Å². The zero-order chi connectivity index (χ0) is 22.8. The number of urea groups is 1. The van der Waals surface area contributed by atoms with Gasteiger partial charge in [-0.05, 0) is 37.1 Å². The van der Waals surface area contributed by atoms with Crippen LogP contribution in [-0.2, 0) is 4.79 Å². The molecule has 2 heterocycles. The number of imide groups is 1. The maximum absolute atomic E-state index is 13.0. The van der Waals surface area contributed by atoms with Gasteiger partial charge in [-0.25, -0.2) is 9.37 Å². The molecule has 10 heteroatoms. The molecule has 1 saturated carbocycles. The van der Waals surface area contributed by atoms with Gasteiger partial charge >= 0.3 is 12.0 Å². The molecule has 1 saturated heterocycles. The lowest BCUT2D eigenvalue weighted by molar-refractivity contribution is -0.546. The molecule has 1 aliphatic carbocycles. The van der Waals surface area contributed by atoms with Crippen LogP contribution in [0.25, 0.3) is 0 Å². The van der Waals surface area contributed by atoms with E-state index in [4.69, 9.17) is 16.3 Å². The summed E-state index contributed by atoms with van der Waals surface area (Å²) < 4.78 is 7.43. The van der Waals surface area contributed by atoms with E-state index in [0.717, 1.165) is 30.6 Å². The van der Waals surface area contributed by atoms with E-state index >= 15 is 0 Å². The van der Waals surface area contributed by atoms with Crippen LogP contribution < -0.4 is 10.1 Å². The largest absolute Gasteiger partial charge is 0.491 e. The lowest BCUT2D eigenvalue weighted by Crippen LogP contribution is -2.62. The summed E-state index contributed by atoms with van der Waals surface area (Å²) in [5.74, 6) is 1.13. The number of likely N-dealkylation sites (N-methyl/N-ethyl adjacent to an activating group) is 2. The molecule has 1 aromatic carbocycles. The first-order valence-corrected chi connectivity index (χ1v) is 11.3. The number of aliphatic hydroxyl groups is 1. The van der Waals surface area contributed by atoms with Gasteiger partial charge in [-0.2, -0.15) is 0 Å². The third-order valence-electron chi connectivity index (χ3n) is 6.13. The molecule has 3 aliphatic rings. The van der Waals surface area contributed by atoms with Gasteiger partial charge in [0.1, 0.15) is 18.5 Å². The number of hydrogen-bond acceptors (Lipinski definition) is 6. The summed E-state index contributed by atoms with van der Waals surface area (Å²) in [5.41, 5.74) is 0. The minimum absolute atomic E-state index is 0.0374. The van der Waals surface area contributed by atoms with Gasteiger partial charge in [-0.15, -0.1) is 0 Å². The number of benzene rings is 1. The Morgan fingerprint density at radius 3 is 2.56 bits per heavy atom. The van der Waals surface area contributed by atoms with Gasteiger partial charge in [0, 0.05) is 19.1 Å². The number of aliphatic imine (C=N–C) groups is 1. The Balaban J connectivity index is 1.53. The average molecular weight is 463 g/mol. The minimum atomic E-state index is -0.885. The second kappa shape index (κ2) is 9.46. The van der Waals surface area contributed by atoms with Crippen LogP contribution in [0.3, 0.4) is 0 Å². The fraction of sp³-hybridized carbons (Fsp3) is 0.545. The number of halogens is 1. The topological polar surface area (TPSA) is 97.5 Å². The van der Waals surface area contributed by atoms with Crippen molar-refractivity contribution in [1.82, 2.24) is 15.1 Å². The Bertz CT molecular complexity index is 942. The van der Waals surface area contributed by atoms with E-state index in [-0.39, 0.29) is 25.1 Å². The van der Waals surface area contributed by atoms with E-state index < -0.39 is 18.2 Å². The van der Waals surface area contributed by atoms with Crippen molar-refractivity contribution in [3.8, 4) is 5.75 Å². The van der Waals surface area contributed by atoms with E-state index in [1.807, 2.05) is 0 Å². The van der Waals surface area contributed by atoms with Crippen LogP contribution in [0.5, 0.6) is 5.75 Å². The van der Waals surface area contributed by atoms with Crippen LogP contribution in [0.1, 0.15) is 32.1 Å². The summed E-state index contributed by atoms with van der Waals surface area (Å²) in [7, 11) is 3.07. The highest BCUT2D eigenvalue weighted by molar-refractivity contribution is 6.30. The zero-order valence-corrected chi connectivity index (χ0v) is 19.1. The third-order valence-corrected chi connectivity index (χ3v) is 6.38. The molecule has 2 aliphatic heterocycles. The number of rotatable bonds is 6. The van der Waals surface area contributed by atoms with Crippen LogP contribution in [0.4, 0.5) is 4.79 Å². The minimum Gasteiger partial charge on any atom is -0.491 e. The van der Waals surface area contributed by atoms with Gasteiger partial charge in [0.25, 0.3) is 5.91 Å². The number of guanidine groups is 1. The van der Waals surface area contributed by atoms with Crippen molar-refractivity contribution >= 4 is 35.3 Å². The summed E-state index contributed by atoms with van der Waals surface area (Å²) in [4.78, 5) is 32.5. The average Bonchev–Trinajstić information content (AvgIpc) is 3.14. The van der Waals surface area contributed by atoms with E-state index in [1.54, 1.807) is 35.9 Å². The van der Waals surface area contributed by atoms with Crippen LogP contribution in [0.2, 0.25) is 5.02 Å². The highest BCUT2D eigenvalue weighted by Gasteiger charge is 2.52. The van der Waals surface area contributed by atoms with Crippen molar-refractivity contribution in [3.63, 3.8) is 0 Å². The lowest BCUT2D eigenvalue weighted by atomic mass is 9.96. The second-order valence-electron chi connectivity index (χ2n) is 8.49. The summed E-state index contributed by atoms with van der Waals surface area (Å²) in [6.07, 6.45) is 4.67. The zero-order valence-electron chi connectivity index (χ0n) is 18.3. The smallest absolute Gasteiger partial charge is 0.390 e. The Morgan fingerprint density at radius 2 is 1.88 bits per heavy atom. The normalized spacial score (nSPS) is 22.8. The first-order chi connectivity index (χ1) is 15.3. The van der Waals surface area contributed by atoms with Gasteiger partial charge in [0.15, 0.2) is 0 Å². The summed E-state index contributed by atoms with van der Waals surface area (Å²) >= 11 is 5.90. The molecule has 32 heavy (non-hydrogen) atoms. The summed E-state index contributed by atoms with van der Waals surface area (Å²) in [6.45, 7) is 0.164. The Morgan fingerprint density at radius 1 is 1.19 bits per heavy atom. The number of carbonyl (C=O) groups excluding carboxylic acids is 2. The van der Waals surface area contributed by atoms with E-state index in [1.165, 1.54) is 18.4 Å². The Kier molecular flexibility index (Phi) is 6.66. The molecule has 2 N–H and O–H groups in total. The van der Waals surface area contributed by atoms with Crippen LogP contribution in [0.15, 0.2) is 29.3 Å². The molecule has 9 nitrogen and oxygen atoms in total. The number of aliphatic hydroxyl groups excluding tert-OH is 1. The molecular formula is C22H29ClN5O4+. The van der Waals surface area contributed by atoms with Gasteiger partial charge in [-0.1, -0.05) is 35.9 Å². The van der Waals surface area contributed by atoms with Gasteiger partial charge in [0.05, 0.1) is 12.6 Å². The maximum atomic E-state index is 13.0. The number of hydrogen-bond donors (Lipinski definition) is 2. The van der Waals surface area contributed by atoms with Crippen molar-refractivity contribution < 1.29 is 24.0 Å². The molecule has 0 spiro atoms. The molecule has 2 fully saturated rings. The molecule has 172 valence electrons. The highest BCUT2D eigenvalue weighted by Crippen LogP contribution is 2.22. The lowest BCUT2D eigenvalue weighted by Gasteiger charge is -2.32. The van der Waals surface area contributed by atoms with Crippen molar-refractivity contribution in [2.45, 2.75) is 50.3 Å². The summed E-state index contributed by atoms with van der Waals surface area (Å²) in [6, 6.07) is 5.96. The molecule has 2 atom stereocenters. The van der Waals surface area contributed by atoms with Crippen LogP contribution in [0, 0.1) is 0 Å². The Hall–Kier alpha value is -2.65. The molecule has 0 aromatic heterocycles. The second-order valence-corrected chi connectivity index (χ2v) is 8.92. The number of β-amino-alcohol motifs (C(OH)–C–C–N with tert-alkyl or cyclic N) is 1. The third kappa shape index (κ3) is 4.59. The number of carbonyl (C=O) groups is 2. The number of amides is 3. The summed E-state index contributed by atoms with van der Waals surface area (Å²) in [5, 5.41) is 14.8.